The summed E-state index contributed by atoms with van der Waals surface area (Å²) in [4.78, 5) is 29.8. The molecule has 2 saturated heterocycles. The molecule has 2 aliphatic rings. The van der Waals surface area contributed by atoms with Crippen LogP contribution in [0.1, 0.15) is 55.6 Å². The van der Waals surface area contributed by atoms with Gasteiger partial charge < -0.3 is 19.7 Å². The van der Waals surface area contributed by atoms with Crippen LogP contribution in [0.4, 0.5) is 4.79 Å². The number of morpholine rings is 1. The van der Waals surface area contributed by atoms with Gasteiger partial charge in [0.05, 0.1) is 36.4 Å². The van der Waals surface area contributed by atoms with Crippen LogP contribution >= 0.6 is 11.6 Å². The summed E-state index contributed by atoms with van der Waals surface area (Å²) in [7, 11) is 0. The molecule has 196 valence electrons. The van der Waals surface area contributed by atoms with Crippen molar-refractivity contribution < 1.29 is 19.1 Å². The van der Waals surface area contributed by atoms with E-state index in [1.54, 1.807) is 11.1 Å². The first-order valence-electron chi connectivity index (χ1n) is 12.6. The van der Waals surface area contributed by atoms with Gasteiger partial charge in [-0.1, -0.05) is 11.6 Å². The quantitative estimate of drug-likeness (QED) is 0.628. The minimum Gasteiger partial charge on any atom is -0.444 e. The summed E-state index contributed by atoms with van der Waals surface area (Å²) in [6.45, 7) is 11.3. The lowest BCUT2D eigenvalue weighted by molar-refractivity contribution is 0.0203. The lowest BCUT2D eigenvalue weighted by atomic mass is 9.91. The van der Waals surface area contributed by atoms with Gasteiger partial charge in [0, 0.05) is 50.2 Å². The number of carbonyl (C=O) groups is 2. The lowest BCUT2D eigenvalue weighted by Crippen LogP contribution is -2.42. The highest BCUT2D eigenvalue weighted by Crippen LogP contribution is 2.33. The Balaban J connectivity index is 1.49. The SMILES string of the molecule is CC(C)(C)OC(=O)N1CCC(c2c(C(=O)NCCN3CCOCC3)cnn2-c2ccc(Cl)cc2)CC1. The first-order chi connectivity index (χ1) is 17.2. The molecule has 4 rings (SSSR count). The second kappa shape index (κ2) is 11.6. The number of amides is 2. The number of hydrogen-bond acceptors (Lipinski definition) is 6. The molecule has 2 aliphatic heterocycles. The van der Waals surface area contributed by atoms with Gasteiger partial charge in [-0.3, -0.25) is 9.69 Å². The molecular weight excluding hydrogens is 482 g/mol. The van der Waals surface area contributed by atoms with E-state index in [-0.39, 0.29) is 17.9 Å². The van der Waals surface area contributed by atoms with E-state index in [0.717, 1.165) is 44.2 Å². The maximum atomic E-state index is 13.3. The first-order valence-corrected chi connectivity index (χ1v) is 13.0. The van der Waals surface area contributed by atoms with Crippen molar-refractivity contribution in [3.8, 4) is 5.69 Å². The Morgan fingerprint density at radius 3 is 2.42 bits per heavy atom. The Hall–Kier alpha value is -2.62. The van der Waals surface area contributed by atoms with Crippen LogP contribution in [0.3, 0.4) is 0 Å². The summed E-state index contributed by atoms with van der Waals surface area (Å²) in [5.74, 6) is -0.0603. The zero-order valence-corrected chi connectivity index (χ0v) is 22.1. The van der Waals surface area contributed by atoms with Gasteiger partial charge in [-0.25, -0.2) is 9.48 Å². The molecule has 2 aromatic rings. The fourth-order valence-corrected chi connectivity index (χ4v) is 4.75. The number of ether oxygens (including phenoxy) is 2. The summed E-state index contributed by atoms with van der Waals surface area (Å²) in [5.41, 5.74) is 1.75. The Labute approximate surface area is 217 Å². The Bertz CT molecular complexity index is 1040. The van der Waals surface area contributed by atoms with Crippen molar-refractivity contribution in [2.24, 2.45) is 0 Å². The van der Waals surface area contributed by atoms with Crippen LogP contribution in [0, 0.1) is 0 Å². The van der Waals surface area contributed by atoms with Crippen molar-refractivity contribution in [1.29, 1.82) is 0 Å². The van der Waals surface area contributed by atoms with Gasteiger partial charge in [0.1, 0.15) is 5.60 Å². The zero-order valence-electron chi connectivity index (χ0n) is 21.3. The van der Waals surface area contributed by atoms with Crippen LogP contribution < -0.4 is 5.32 Å². The van der Waals surface area contributed by atoms with Crippen molar-refractivity contribution in [2.75, 3.05) is 52.5 Å². The molecule has 9 nitrogen and oxygen atoms in total. The van der Waals surface area contributed by atoms with Crippen molar-refractivity contribution in [3.05, 3.63) is 46.7 Å². The van der Waals surface area contributed by atoms with Gasteiger partial charge in [0.2, 0.25) is 0 Å². The number of halogens is 1. The average molecular weight is 518 g/mol. The van der Waals surface area contributed by atoms with Crippen molar-refractivity contribution in [3.63, 3.8) is 0 Å². The van der Waals surface area contributed by atoms with Crippen LogP contribution in [-0.4, -0.2) is 89.7 Å². The molecule has 0 bridgehead atoms. The Kier molecular flexibility index (Phi) is 8.54. The lowest BCUT2D eigenvalue weighted by Gasteiger charge is -2.34. The number of hydrogen-bond donors (Lipinski definition) is 1. The average Bonchev–Trinajstić information content (AvgIpc) is 3.29. The molecule has 1 N–H and O–H groups in total. The van der Waals surface area contributed by atoms with Crippen LogP contribution in [0.5, 0.6) is 0 Å². The number of likely N-dealkylation sites (tertiary alicyclic amines) is 1. The predicted molar refractivity (Wildman–Crippen MR) is 138 cm³/mol. The normalized spacial score (nSPS) is 17.7. The van der Waals surface area contributed by atoms with Gasteiger partial charge in [-0.2, -0.15) is 5.10 Å². The molecule has 0 unspecified atom stereocenters. The summed E-state index contributed by atoms with van der Waals surface area (Å²) in [6, 6.07) is 7.43. The number of nitrogens with zero attached hydrogens (tertiary/aromatic N) is 4. The molecule has 1 aromatic carbocycles. The van der Waals surface area contributed by atoms with Gasteiger partial charge in [0.15, 0.2) is 0 Å². The van der Waals surface area contributed by atoms with Gasteiger partial charge in [0.25, 0.3) is 5.91 Å². The summed E-state index contributed by atoms with van der Waals surface area (Å²) < 4.78 is 12.8. The molecule has 2 amide bonds. The molecule has 0 saturated carbocycles. The van der Waals surface area contributed by atoms with E-state index in [9.17, 15) is 9.59 Å². The molecular formula is C26H36ClN5O4. The Morgan fingerprint density at radius 1 is 1.11 bits per heavy atom. The predicted octanol–water partition coefficient (Wildman–Crippen LogP) is 3.70. The highest BCUT2D eigenvalue weighted by atomic mass is 35.5. The van der Waals surface area contributed by atoms with Crippen LogP contribution in [0.25, 0.3) is 5.69 Å². The third-order valence-electron chi connectivity index (χ3n) is 6.47. The Morgan fingerprint density at radius 2 is 1.78 bits per heavy atom. The zero-order chi connectivity index (χ0) is 25.7. The highest BCUT2D eigenvalue weighted by Gasteiger charge is 2.32. The molecule has 0 spiro atoms. The number of rotatable bonds is 6. The molecule has 2 fully saturated rings. The second-order valence-electron chi connectivity index (χ2n) is 10.3. The standard InChI is InChI=1S/C26H36ClN5O4/c1-26(2,3)36-25(34)31-11-8-19(9-12-31)23-22(18-29-32(23)21-6-4-20(27)5-7-21)24(33)28-10-13-30-14-16-35-17-15-30/h4-7,18-19H,8-17H2,1-3H3,(H,28,33). The number of piperidine rings is 1. The van der Waals surface area contributed by atoms with Crippen LogP contribution in [-0.2, 0) is 9.47 Å². The van der Waals surface area contributed by atoms with E-state index in [2.05, 4.69) is 15.3 Å². The molecule has 1 aromatic heterocycles. The first kappa shape index (κ1) is 26.4. The maximum absolute atomic E-state index is 13.3. The second-order valence-corrected chi connectivity index (χ2v) is 10.7. The molecule has 0 radical (unpaired) electrons. The van der Waals surface area contributed by atoms with Crippen molar-refractivity contribution in [2.45, 2.75) is 45.1 Å². The fraction of sp³-hybridized carbons (Fsp3) is 0.577. The highest BCUT2D eigenvalue weighted by molar-refractivity contribution is 6.30. The molecule has 10 heteroatoms. The van der Waals surface area contributed by atoms with Gasteiger partial charge in [-0.15, -0.1) is 0 Å². The smallest absolute Gasteiger partial charge is 0.410 e. The molecule has 0 aliphatic carbocycles. The van der Waals surface area contributed by atoms with E-state index in [4.69, 9.17) is 21.1 Å². The monoisotopic (exact) mass is 517 g/mol. The largest absolute Gasteiger partial charge is 0.444 e. The van der Waals surface area contributed by atoms with Gasteiger partial charge >= 0.3 is 6.09 Å². The maximum Gasteiger partial charge on any atom is 0.410 e. The van der Waals surface area contributed by atoms with E-state index in [1.165, 1.54) is 0 Å². The summed E-state index contributed by atoms with van der Waals surface area (Å²) in [5, 5.41) is 8.30. The number of aromatic nitrogens is 2. The van der Waals surface area contributed by atoms with Crippen LogP contribution in [0.15, 0.2) is 30.5 Å². The van der Waals surface area contributed by atoms with Crippen LogP contribution in [0.2, 0.25) is 5.02 Å². The molecule has 0 atom stereocenters. The fourth-order valence-electron chi connectivity index (χ4n) is 4.62. The topological polar surface area (TPSA) is 88.9 Å². The molecule has 36 heavy (non-hydrogen) atoms. The molecule has 3 heterocycles. The minimum absolute atomic E-state index is 0.0712. The van der Waals surface area contributed by atoms with E-state index in [0.29, 0.717) is 43.1 Å². The van der Waals surface area contributed by atoms with Crippen molar-refractivity contribution in [1.82, 2.24) is 24.9 Å². The third kappa shape index (κ3) is 6.78. The minimum atomic E-state index is -0.534. The van der Waals surface area contributed by atoms with Gasteiger partial charge in [-0.05, 0) is 57.9 Å². The number of carbonyl (C=O) groups excluding carboxylic acids is 2. The summed E-state index contributed by atoms with van der Waals surface area (Å²) in [6.07, 6.45) is 2.78. The van der Waals surface area contributed by atoms with Crippen molar-refractivity contribution >= 4 is 23.6 Å². The number of nitrogens with one attached hydrogen (secondary N) is 1. The third-order valence-corrected chi connectivity index (χ3v) is 6.72. The summed E-state index contributed by atoms with van der Waals surface area (Å²) >= 11 is 6.10. The number of benzene rings is 1. The van der Waals surface area contributed by atoms with E-state index < -0.39 is 5.60 Å². The van der Waals surface area contributed by atoms with E-state index in [1.807, 2.05) is 49.7 Å². The van der Waals surface area contributed by atoms with E-state index >= 15 is 0 Å².